The van der Waals surface area contributed by atoms with Crippen LogP contribution in [0.25, 0.3) is 0 Å². The monoisotopic (exact) mass is 247 g/mol. The summed E-state index contributed by atoms with van der Waals surface area (Å²) in [5.74, 6) is 2.16. The summed E-state index contributed by atoms with van der Waals surface area (Å²) in [5, 5.41) is 2.75. The van der Waals surface area contributed by atoms with Crippen LogP contribution in [0.1, 0.15) is 5.56 Å². The van der Waals surface area contributed by atoms with Crippen LogP contribution in [-0.2, 0) is 11.2 Å². The van der Waals surface area contributed by atoms with E-state index in [0.29, 0.717) is 30.2 Å². The fourth-order valence-electron chi connectivity index (χ4n) is 2.30. The lowest BCUT2D eigenvalue weighted by molar-refractivity contribution is -0.118. The minimum absolute atomic E-state index is 0.166. The summed E-state index contributed by atoms with van der Waals surface area (Å²) >= 11 is 0. The Morgan fingerprint density at radius 1 is 1.22 bits per heavy atom. The molecule has 2 heterocycles. The fraction of sp³-hybridized carbons (Fsp3) is 0.308. The molecule has 0 aliphatic carbocycles. The fourth-order valence-corrected chi connectivity index (χ4v) is 2.30. The van der Waals surface area contributed by atoms with E-state index in [4.69, 9.17) is 14.2 Å². The van der Waals surface area contributed by atoms with Crippen molar-refractivity contribution in [3.63, 3.8) is 0 Å². The second-order valence-electron chi connectivity index (χ2n) is 4.17. The van der Waals surface area contributed by atoms with Crippen molar-refractivity contribution in [2.24, 2.45) is 0 Å². The Balaban J connectivity index is 2.11. The van der Waals surface area contributed by atoms with Crippen molar-refractivity contribution in [1.29, 1.82) is 0 Å². The van der Waals surface area contributed by atoms with Gasteiger partial charge in [-0.3, -0.25) is 4.79 Å². The van der Waals surface area contributed by atoms with Crippen molar-refractivity contribution in [3.05, 3.63) is 29.0 Å². The zero-order valence-electron chi connectivity index (χ0n) is 10.2. The van der Waals surface area contributed by atoms with Gasteiger partial charge in [0.2, 0.25) is 0 Å². The van der Waals surface area contributed by atoms with E-state index in [1.54, 1.807) is 20.3 Å². The van der Waals surface area contributed by atoms with E-state index in [-0.39, 0.29) is 5.91 Å². The molecule has 0 unspecified atom stereocenters. The first-order valence-corrected chi connectivity index (χ1v) is 5.66. The van der Waals surface area contributed by atoms with Crippen LogP contribution in [0.5, 0.6) is 17.2 Å². The summed E-state index contributed by atoms with van der Waals surface area (Å²) in [6.45, 7) is 0.536. The molecule has 3 rings (SSSR count). The number of hydrogen-bond donors (Lipinski definition) is 1. The standard InChI is InChI=1S/C13H13NO4/c1-16-9-3-4-10(17-2)12-8(9)5-7-6-14-13(15)11(7)18-12/h3-4H,5-6H2,1-2H3,(H,14,15). The Bertz CT molecular complexity index is 562. The largest absolute Gasteiger partial charge is 0.496 e. The van der Waals surface area contributed by atoms with E-state index in [1.807, 2.05) is 6.07 Å². The lowest BCUT2D eigenvalue weighted by atomic mass is 10.00. The summed E-state index contributed by atoms with van der Waals surface area (Å²) < 4.78 is 16.3. The third kappa shape index (κ3) is 1.44. The second-order valence-corrected chi connectivity index (χ2v) is 4.17. The lowest BCUT2D eigenvalue weighted by Crippen LogP contribution is -2.19. The quantitative estimate of drug-likeness (QED) is 0.847. The smallest absolute Gasteiger partial charge is 0.287 e. The number of rotatable bonds is 2. The van der Waals surface area contributed by atoms with Gasteiger partial charge in [-0.25, -0.2) is 0 Å². The summed E-state index contributed by atoms with van der Waals surface area (Å²) in [7, 11) is 3.19. The molecule has 18 heavy (non-hydrogen) atoms. The SMILES string of the molecule is COc1ccc(OC)c2c1CC1=C(O2)C(=O)NC1. The molecule has 1 N–H and O–H groups in total. The van der Waals surface area contributed by atoms with E-state index in [2.05, 4.69) is 5.32 Å². The zero-order chi connectivity index (χ0) is 12.7. The minimum atomic E-state index is -0.166. The van der Waals surface area contributed by atoms with Crippen LogP contribution in [0, 0.1) is 0 Å². The summed E-state index contributed by atoms with van der Waals surface area (Å²) in [6.07, 6.45) is 0.643. The Kier molecular flexibility index (Phi) is 2.40. The highest BCUT2D eigenvalue weighted by atomic mass is 16.5. The molecule has 0 fully saturated rings. The molecule has 0 atom stereocenters. The molecule has 0 bridgehead atoms. The zero-order valence-corrected chi connectivity index (χ0v) is 10.2. The van der Waals surface area contributed by atoms with Gasteiger partial charge in [0.25, 0.3) is 5.91 Å². The first-order valence-electron chi connectivity index (χ1n) is 5.66. The molecule has 2 aliphatic rings. The van der Waals surface area contributed by atoms with Crippen LogP contribution in [-0.4, -0.2) is 26.7 Å². The molecular formula is C13H13NO4. The van der Waals surface area contributed by atoms with Crippen molar-refractivity contribution in [2.45, 2.75) is 6.42 Å². The number of ether oxygens (including phenoxy) is 3. The van der Waals surface area contributed by atoms with Gasteiger partial charge < -0.3 is 19.5 Å². The van der Waals surface area contributed by atoms with Crippen LogP contribution >= 0.6 is 0 Å². The van der Waals surface area contributed by atoms with E-state index >= 15 is 0 Å². The normalized spacial score (nSPS) is 16.7. The average Bonchev–Trinajstić information content (AvgIpc) is 2.76. The van der Waals surface area contributed by atoms with Crippen LogP contribution in [0.15, 0.2) is 23.5 Å². The maximum absolute atomic E-state index is 11.6. The predicted octanol–water partition coefficient (Wildman–Crippen LogP) is 1.02. The third-order valence-corrected chi connectivity index (χ3v) is 3.21. The Morgan fingerprint density at radius 2 is 1.94 bits per heavy atom. The Hall–Kier alpha value is -2.17. The van der Waals surface area contributed by atoms with Gasteiger partial charge in [0.05, 0.1) is 14.2 Å². The van der Waals surface area contributed by atoms with Gasteiger partial charge in [-0.1, -0.05) is 0 Å². The molecule has 5 heteroatoms. The average molecular weight is 247 g/mol. The minimum Gasteiger partial charge on any atom is -0.496 e. The molecule has 1 aromatic carbocycles. The molecule has 94 valence electrons. The first kappa shape index (κ1) is 11.0. The van der Waals surface area contributed by atoms with Gasteiger partial charge >= 0.3 is 0 Å². The van der Waals surface area contributed by atoms with Gasteiger partial charge in [-0.2, -0.15) is 0 Å². The molecule has 0 aromatic heterocycles. The van der Waals surface area contributed by atoms with E-state index in [1.165, 1.54) is 0 Å². The molecule has 0 saturated heterocycles. The summed E-state index contributed by atoms with van der Waals surface area (Å²) in [5.41, 5.74) is 1.88. The number of hydrogen-bond acceptors (Lipinski definition) is 4. The molecule has 1 aromatic rings. The topological polar surface area (TPSA) is 56.8 Å². The Labute approximate surface area is 104 Å². The maximum Gasteiger partial charge on any atom is 0.287 e. The first-order chi connectivity index (χ1) is 8.74. The lowest BCUT2D eigenvalue weighted by Gasteiger charge is -2.21. The number of nitrogens with one attached hydrogen (secondary N) is 1. The molecule has 0 radical (unpaired) electrons. The molecule has 1 amide bonds. The number of carbonyl (C=O) groups is 1. The van der Waals surface area contributed by atoms with Crippen LogP contribution < -0.4 is 19.5 Å². The van der Waals surface area contributed by atoms with Crippen molar-refractivity contribution < 1.29 is 19.0 Å². The Morgan fingerprint density at radius 3 is 2.67 bits per heavy atom. The summed E-state index contributed by atoms with van der Waals surface area (Å²) in [4.78, 5) is 11.6. The van der Waals surface area contributed by atoms with Gasteiger partial charge in [-0.15, -0.1) is 0 Å². The van der Waals surface area contributed by atoms with Gasteiger partial charge in [0.15, 0.2) is 17.3 Å². The van der Waals surface area contributed by atoms with Crippen LogP contribution in [0.4, 0.5) is 0 Å². The molecule has 0 saturated carbocycles. The number of methoxy groups -OCH3 is 2. The second kappa shape index (κ2) is 3.94. The number of carbonyl (C=O) groups excluding carboxylic acids is 1. The highest BCUT2D eigenvalue weighted by molar-refractivity contribution is 5.96. The number of benzene rings is 1. The van der Waals surface area contributed by atoms with Crippen molar-refractivity contribution in [3.8, 4) is 17.2 Å². The van der Waals surface area contributed by atoms with Gasteiger partial charge in [0.1, 0.15) is 5.75 Å². The van der Waals surface area contributed by atoms with Crippen molar-refractivity contribution >= 4 is 5.91 Å². The third-order valence-electron chi connectivity index (χ3n) is 3.21. The highest BCUT2D eigenvalue weighted by Gasteiger charge is 2.33. The molecule has 2 aliphatic heterocycles. The van der Waals surface area contributed by atoms with Crippen molar-refractivity contribution in [1.82, 2.24) is 5.32 Å². The predicted molar refractivity (Wildman–Crippen MR) is 63.9 cm³/mol. The number of fused-ring (bicyclic) bond motifs is 1. The van der Waals surface area contributed by atoms with E-state index in [9.17, 15) is 4.79 Å². The van der Waals surface area contributed by atoms with Crippen LogP contribution in [0.3, 0.4) is 0 Å². The molecular weight excluding hydrogens is 234 g/mol. The van der Waals surface area contributed by atoms with Crippen LogP contribution in [0.2, 0.25) is 0 Å². The maximum atomic E-state index is 11.6. The van der Waals surface area contributed by atoms with Gasteiger partial charge in [0, 0.05) is 24.1 Å². The molecule has 0 spiro atoms. The van der Waals surface area contributed by atoms with Gasteiger partial charge in [-0.05, 0) is 12.1 Å². The highest BCUT2D eigenvalue weighted by Crippen LogP contribution is 2.43. The van der Waals surface area contributed by atoms with Crippen molar-refractivity contribution in [2.75, 3.05) is 20.8 Å². The number of amides is 1. The van der Waals surface area contributed by atoms with E-state index < -0.39 is 0 Å². The van der Waals surface area contributed by atoms with E-state index in [0.717, 1.165) is 16.9 Å². The molecule has 5 nitrogen and oxygen atoms in total. The summed E-state index contributed by atoms with van der Waals surface area (Å²) in [6, 6.07) is 3.62.